The van der Waals surface area contributed by atoms with E-state index in [9.17, 15) is 5.11 Å². The summed E-state index contributed by atoms with van der Waals surface area (Å²) in [5.41, 5.74) is 0.803. The lowest BCUT2D eigenvalue weighted by atomic mass is 10.1. The van der Waals surface area contributed by atoms with Gasteiger partial charge in [0, 0.05) is 13.7 Å². The van der Waals surface area contributed by atoms with Crippen LogP contribution in [-0.2, 0) is 4.74 Å². The van der Waals surface area contributed by atoms with Crippen LogP contribution in [0.4, 0.5) is 0 Å². The number of hydrogen-bond acceptors (Lipinski definition) is 5. The summed E-state index contributed by atoms with van der Waals surface area (Å²) in [5.74, 6) is 0.756. The van der Waals surface area contributed by atoms with Crippen LogP contribution in [-0.4, -0.2) is 50.2 Å². The number of hydrogen-bond donors (Lipinski definition) is 3. The summed E-state index contributed by atoms with van der Waals surface area (Å²) in [7, 11) is 3.17. The SMILES string of the molecule is COCC(CO)NCC(O)c1ccc(OC)cc1. The van der Waals surface area contributed by atoms with Gasteiger partial charge in [0.05, 0.1) is 32.5 Å². The van der Waals surface area contributed by atoms with E-state index < -0.39 is 6.10 Å². The lowest BCUT2D eigenvalue weighted by Crippen LogP contribution is -2.38. The topological polar surface area (TPSA) is 71.0 Å². The van der Waals surface area contributed by atoms with Gasteiger partial charge in [-0.2, -0.15) is 0 Å². The first kappa shape index (κ1) is 14.9. The zero-order chi connectivity index (χ0) is 13.4. The summed E-state index contributed by atoms with van der Waals surface area (Å²) in [4.78, 5) is 0. The molecule has 0 radical (unpaired) electrons. The van der Waals surface area contributed by atoms with Crippen molar-refractivity contribution in [2.75, 3.05) is 34.0 Å². The maximum atomic E-state index is 9.97. The van der Waals surface area contributed by atoms with E-state index in [4.69, 9.17) is 14.6 Å². The molecule has 5 heteroatoms. The van der Waals surface area contributed by atoms with Crippen molar-refractivity contribution in [3.05, 3.63) is 29.8 Å². The standard InChI is InChI=1S/C13H21NO4/c1-17-9-11(8-15)14-7-13(16)10-3-5-12(18-2)6-4-10/h3-6,11,13-16H,7-9H2,1-2H3. The molecule has 0 aliphatic rings. The van der Waals surface area contributed by atoms with E-state index in [0.717, 1.165) is 11.3 Å². The molecule has 18 heavy (non-hydrogen) atoms. The number of methoxy groups -OCH3 is 2. The Morgan fingerprint density at radius 3 is 2.39 bits per heavy atom. The molecule has 2 unspecified atom stereocenters. The Labute approximate surface area is 107 Å². The molecule has 1 aromatic rings. The van der Waals surface area contributed by atoms with Gasteiger partial charge < -0.3 is 25.0 Å². The van der Waals surface area contributed by atoms with Crippen molar-refractivity contribution in [2.45, 2.75) is 12.1 Å². The van der Waals surface area contributed by atoms with Gasteiger partial charge in [0.25, 0.3) is 0 Å². The Morgan fingerprint density at radius 1 is 1.22 bits per heavy atom. The second-order valence-corrected chi connectivity index (χ2v) is 4.03. The molecule has 0 aromatic heterocycles. The van der Waals surface area contributed by atoms with E-state index in [1.165, 1.54) is 0 Å². The molecule has 102 valence electrons. The first-order valence-corrected chi connectivity index (χ1v) is 5.86. The van der Waals surface area contributed by atoms with Crippen LogP contribution in [0.2, 0.25) is 0 Å². The van der Waals surface area contributed by atoms with Gasteiger partial charge in [-0.25, -0.2) is 0 Å². The number of rotatable bonds is 8. The second-order valence-electron chi connectivity index (χ2n) is 4.03. The van der Waals surface area contributed by atoms with Crippen molar-refractivity contribution >= 4 is 0 Å². The fourth-order valence-electron chi connectivity index (χ4n) is 1.60. The molecule has 0 saturated heterocycles. The minimum Gasteiger partial charge on any atom is -0.497 e. The van der Waals surface area contributed by atoms with Gasteiger partial charge in [0.15, 0.2) is 0 Å². The van der Waals surface area contributed by atoms with Crippen molar-refractivity contribution < 1.29 is 19.7 Å². The molecule has 0 amide bonds. The molecule has 3 N–H and O–H groups in total. The monoisotopic (exact) mass is 255 g/mol. The Bertz CT molecular complexity index is 328. The molecule has 1 aromatic carbocycles. The fraction of sp³-hybridized carbons (Fsp3) is 0.538. The third-order valence-electron chi connectivity index (χ3n) is 2.69. The maximum absolute atomic E-state index is 9.97. The highest BCUT2D eigenvalue weighted by atomic mass is 16.5. The molecule has 1 rings (SSSR count). The lowest BCUT2D eigenvalue weighted by molar-refractivity contribution is 0.111. The van der Waals surface area contributed by atoms with Crippen molar-refractivity contribution in [2.24, 2.45) is 0 Å². The molecule has 0 fully saturated rings. The van der Waals surface area contributed by atoms with E-state index in [2.05, 4.69) is 5.32 Å². The van der Waals surface area contributed by atoms with E-state index in [-0.39, 0.29) is 12.6 Å². The zero-order valence-electron chi connectivity index (χ0n) is 10.8. The molecule has 2 atom stereocenters. The van der Waals surface area contributed by atoms with Gasteiger partial charge in [-0.05, 0) is 17.7 Å². The van der Waals surface area contributed by atoms with Crippen LogP contribution in [0, 0.1) is 0 Å². The van der Waals surface area contributed by atoms with Crippen LogP contribution >= 0.6 is 0 Å². The molecular weight excluding hydrogens is 234 g/mol. The number of aliphatic hydroxyl groups excluding tert-OH is 2. The van der Waals surface area contributed by atoms with Crippen LogP contribution in [0.15, 0.2) is 24.3 Å². The summed E-state index contributed by atoms with van der Waals surface area (Å²) in [6, 6.07) is 7.07. The van der Waals surface area contributed by atoms with Crippen LogP contribution < -0.4 is 10.1 Å². The van der Waals surface area contributed by atoms with E-state index in [0.29, 0.717) is 13.2 Å². The molecule has 0 bridgehead atoms. The van der Waals surface area contributed by atoms with Gasteiger partial charge in [0.1, 0.15) is 5.75 Å². The highest BCUT2D eigenvalue weighted by Crippen LogP contribution is 2.16. The van der Waals surface area contributed by atoms with Crippen molar-refractivity contribution in [1.82, 2.24) is 5.32 Å². The van der Waals surface area contributed by atoms with Gasteiger partial charge in [-0.1, -0.05) is 12.1 Å². The largest absolute Gasteiger partial charge is 0.497 e. The minimum atomic E-state index is -0.623. The average molecular weight is 255 g/mol. The van der Waals surface area contributed by atoms with E-state index in [1.807, 2.05) is 12.1 Å². The minimum absolute atomic E-state index is 0.0246. The summed E-state index contributed by atoms with van der Waals surface area (Å²) in [5, 5.41) is 22.1. The van der Waals surface area contributed by atoms with Crippen molar-refractivity contribution in [1.29, 1.82) is 0 Å². The molecule has 0 saturated carbocycles. The molecular formula is C13H21NO4. The third-order valence-corrected chi connectivity index (χ3v) is 2.69. The average Bonchev–Trinajstić information content (AvgIpc) is 2.43. The van der Waals surface area contributed by atoms with Gasteiger partial charge in [-0.3, -0.25) is 0 Å². The van der Waals surface area contributed by atoms with Crippen LogP contribution in [0.25, 0.3) is 0 Å². The molecule has 0 aliphatic heterocycles. The molecule has 5 nitrogen and oxygen atoms in total. The van der Waals surface area contributed by atoms with Gasteiger partial charge >= 0.3 is 0 Å². The van der Waals surface area contributed by atoms with Crippen LogP contribution in [0.5, 0.6) is 5.75 Å². The Hall–Kier alpha value is -1.14. The van der Waals surface area contributed by atoms with Crippen LogP contribution in [0.3, 0.4) is 0 Å². The third kappa shape index (κ3) is 4.62. The fourth-order valence-corrected chi connectivity index (χ4v) is 1.60. The predicted octanol–water partition coefficient (Wildman–Crippen LogP) is 0.325. The van der Waals surface area contributed by atoms with Crippen LogP contribution in [0.1, 0.15) is 11.7 Å². The van der Waals surface area contributed by atoms with Gasteiger partial charge in [0.2, 0.25) is 0 Å². The van der Waals surface area contributed by atoms with Gasteiger partial charge in [-0.15, -0.1) is 0 Å². The van der Waals surface area contributed by atoms with E-state index in [1.54, 1.807) is 26.4 Å². The highest BCUT2D eigenvalue weighted by molar-refractivity contribution is 5.28. The predicted molar refractivity (Wildman–Crippen MR) is 68.7 cm³/mol. The zero-order valence-corrected chi connectivity index (χ0v) is 10.8. The summed E-state index contributed by atoms with van der Waals surface area (Å²) >= 11 is 0. The molecule has 0 heterocycles. The normalized spacial score (nSPS) is 14.2. The Kier molecular flexibility index (Phi) is 6.67. The highest BCUT2D eigenvalue weighted by Gasteiger charge is 2.11. The Morgan fingerprint density at radius 2 is 1.89 bits per heavy atom. The number of aliphatic hydroxyl groups is 2. The summed E-state index contributed by atoms with van der Waals surface area (Å²) in [6.07, 6.45) is -0.623. The Balaban J connectivity index is 2.45. The number of nitrogens with one attached hydrogen (secondary N) is 1. The van der Waals surface area contributed by atoms with E-state index >= 15 is 0 Å². The smallest absolute Gasteiger partial charge is 0.118 e. The quantitative estimate of drug-likeness (QED) is 0.624. The summed E-state index contributed by atoms with van der Waals surface area (Å²) in [6.45, 7) is 0.746. The first-order chi connectivity index (χ1) is 8.71. The molecule has 0 aliphatic carbocycles. The van der Waals surface area contributed by atoms with Crippen molar-refractivity contribution in [3.8, 4) is 5.75 Å². The lowest BCUT2D eigenvalue weighted by Gasteiger charge is -2.18. The first-order valence-electron chi connectivity index (χ1n) is 5.86. The maximum Gasteiger partial charge on any atom is 0.118 e. The number of benzene rings is 1. The molecule has 0 spiro atoms. The second kappa shape index (κ2) is 8.05. The summed E-state index contributed by atoms with van der Waals surface area (Å²) < 4.78 is 9.99. The number of ether oxygens (including phenoxy) is 2. The van der Waals surface area contributed by atoms with Crippen molar-refractivity contribution in [3.63, 3.8) is 0 Å².